The number of aliphatic carboxylic acids is 1. The lowest BCUT2D eigenvalue weighted by molar-refractivity contribution is -0.142. The third-order valence-corrected chi connectivity index (χ3v) is 8.91. The lowest BCUT2D eigenvalue weighted by atomic mass is 9.46. The van der Waals surface area contributed by atoms with Gasteiger partial charge in [0.1, 0.15) is 0 Å². The van der Waals surface area contributed by atoms with E-state index in [9.17, 15) is 9.90 Å². The van der Waals surface area contributed by atoms with E-state index in [2.05, 4.69) is 32.0 Å². The SMILES string of the molecule is C[C@]12CCC(=NOCC(=O)O)C=C1CC[C@@H]1C2CC[C@@]2(C)C1CC[C@]2(C)O. The molecule has 0 amide bonds. The summed E-state index contributed by atoms with van der Waals surface area (Å²) in [5.41, 5.74) is 2.11. The highest BCUT2D eigenvalue weighted by Crippen LogP contribution is 2.67. The van der Waals surface area contributed by atoms with Gasteiger partial charge in [0, 0.05) is 0 Å². The van der Waals surface area contributed by atoms with Gasteiger partial charge in [-0.05, 0) is 93.0 Å². The van der Waals surface area contributed by atoms with Crippen LogP contribution in [0.3, 0.4) is 0 Å². The van der Waals surface area contributed by atoms with Crippen molar-refractivity contribution in [1.29, 1.82) is 0 Å². The van der Waals surface area contributed by atoms with Crippen LogP contribution in [0.2, 0.25) is 0 Å². The highest BCUT2D eigenvalue weighted by atomic mass is 16.6. The van der Waals surface area contributed by atoms with E-state index in [0.29, 0.717) is 17.8 Å². The predicted octanol–water partition coefficient (Wildman–Crippen LogP) is 4.16. The molecular weight excluding hydrogens is 342 g/mol. The van der Waals surface area contributed by atoms with E-state index in [0.717, 1.165) is 44.2 Å². The summed E-state index contributed by atoms with van der Waals surface area (Å²) in [7, 11) is 0. The number of nitrogens with zero attached hydrogens (tertiary/aromatic N) is 1. The number of rotatable bonds is 3. The quantitative estimate of drug-likeness (QED) is 0.726. The minimum Gasteiger partial charge on any atom is -0.479 e. The molecule has 3 saturated carbocycles. The summed E-state index contributed by atoms with van der Waals surface area (Å²) in [4.78, 5) is 15.6. The van der Waals surface area contributed by atoms with Gasteiger partial charge < -0.3 is 15.1 Å². The molecular formula is C22H33NO4. The first-order valence-corrected chi connectivity index (χ1v) is 10.5. The van der Waals surface area contributed by atoms with Gasteiger partial charge in [0.25, 0.3) is 0 Å². The van der Waals surface area contributed by atoms with E-state index < -0.39 is 11.6 Å². The number of aliphatic hydroxyl groups is 1. The zero-order chi connectivity index (χ0) is 19.4. The van der Waals surface area contributed by atoms with Gasteiger partial charge in [-0.3, -0.25) is 0 Å². The minimum atomic E-state index is -0.995. The van der Waals surface area contributed by atoms with Gasteiger partial charge in [0.15, 0.2) is 0 Å². The molecule has 0 radical (unpaired) electrons. The second-order valence-electron chi connectivity index (χ2n) is 10.0. The van der Waals surface area contributed by atoms with Crippen LogP contribution in [0.15, 0.2) is 16.8 Å². The maximum Gasteiger partial charge on any atom is 0.344 e. The molecule has 27 heavy (non-hydrogen) atoms. The first-order chi connectivity index (χ1) is 12.7. The third-order valence-electron chi connectivity index (χ3n) is 8.91. The van der Waals surface area contributed by atoms with Crippen molar-refractivity contribution in [3.63, 3.8) is 0 Å². The van der Waals surface area contributed by atoms with Crippen molar-refractivity contribution >= 4 is 11.7 Å². The summed E-state index contributed by atoms with van der Waals surface area (Å²) >= 11 is 0. The molecule has 0 aliphatic heterocycles. The molecule has 5 heteroatoms. The smallest absolute Gasteiger partial charge is 0.344 e. The first kappa shape index (κ1) is 19.0. The van der Waals surface area contributed by atoms with E-state index in [1.54, 1.807) is 0 Å². The largest absolute Gasteiger partial charge is 0.479 e. The number of allylic oxidation sites excluding steroid dienone is 2. The molecule has 0 bridgehead atoms. The lowest BCUT2D eigenvalue weighted by Gasteiger charge is -2.59. The maximum absolute atomic E-state index is 11.0. The third kappa shape index (κ3) is 2.84. The van der Waals surface area contributed by atoms with Crippen LogP contribution in [-0.4, -0.2) is 34.1 Å². The van der Waals surface area contributed by atoms with Crippen LogP contribution in [0.4, 0.5) is 0 Å². The van der Waals surface area contributed by atoms with Gasteiger partial charge in [-0.2, -0.15) is 0 Å². The van der Waals surface area contributed by atoms with Crippen molar-refractivity contribution in [3.05, 3.63) is 11.6 Å². The number of carboxylic acid groups (broad SMARTS) is 1. The number of carboxylic acids is 1. The summed E-state index contributed by atoms with van der Waals surface area (Å²) in [6, 6.07) is 0. The molecule has 2 unspecified atom stereocenters. The molecule has 0 heterocycles. The second-order valence-corrected chi connectivity index (χ2v) is 10.0. The van der Waals surface area contributed by atoms with Crippen LogP contribution in [-0.2, 0) is 9.63 Å². The zero-order valence-corrected chi connectivity index (χ0v) is 16.8. The average molecular weight is 376 g/mol. The Morgan fingerprint density at radius 3 is 2.63 bits per heavy atom. The van der Waals surface area contributed by atoms with Crippen LogP contribution < -0.4 is 0 Å². The zero-order valence-electron chi connectivity index (χ0n) is 16.8. The number of hydrogen-bond donors (Lipinski definition) is 2. The number of hydrogen-bond acceptors (Lipinski definition) is 4. The molecule has 0 aromatic carbocycles. The van der Waals surface area contributed by atoms with E-state index in [4.69, 9.17) is 9.94 Å². The fraction of sp³-hybridized carbons (Fsp3) is 0.818. The Labute approximate surface area is 161 Å². The summed E-state index contributed by atoms with van der Waals surface area (Å²) in [6.07, 6.45) is 10.8. The van der Waals surface area contributed by atoms with Crippen molar-refractivity contribution in [2.45, 2.75) is 77.7 Å². The van der Waals surface area contributed by atoms with Gasteiger partial charge in [0.2, 0.25) is 6.61 Å². The summed E-state index contributed by atoms with van der Waals surface area (Å²) in [6.45, 7) is 6.44. The predicted molar refractivity (Wildman–Crippen MR) is 103 cm³/mol. The Morgan fingerprint density at radius 2 is 1.89 bits per heavy atom. The minimum absolute atomic E-state index is 0.0672. The van der Waals surface area contributed by atoms with Crippen LogP contribution in [0, 0.1) is 28.6 Å². The van der Waals surface area contributed by atoms with Crippen molar-refractivity contribution in [2.75, 3.05) is 6.61 Å². The Balaban J connectivity index is 1.56. The van der Waals surface area contributed by atoms with Crippen molar-refractivity contribution in [2.24, 2.45) is 33.7 Å². The monoisotopic (exact) mass is 375 g/mol. The van der Waals surface area contributed by atoms with Crippen molar-refractivity contribution < 1.29 is 19.8 Å². The van der Waals surface area contributed by atoms with Gasteiger partial charge in [-0.1, -0.05) is 24.6 Å². The van der Waals surface area contributed by atoms with Gasteiger partial charge in [-0.15, -0.1) is 0 Å². The first-order valence-electron chi connectivity index (χ1n) is 10.5. The molecule has 3 fully saturated rings. The van der Waals surface area contributed by atoms with E-state index in [1.807, 2.05) is 0 Å². The second kappa shape index (κ2) is 6.33. The van der Waals surface area contributed by atoms with E-state index in [1.165, 1.54) is 18.4 Å². The normalized spacial score (nSPS) is 47.6. The standard InChI is InChI=1S/C22H33NO4/c1-20-9-6-15(23-27-13-19(24)25)12-14(20)4-5-16-17(20)7-10-21(2)18(16)8-11-22(21,3)26/h12,16-18,26H,4-11,13H2,1-3H3,(H,24,25)/t16-,17?,18?,20+,21+,22+/m1/s1. The summed E-state index contributed by atoms with van der Waals surface area (Å²) in [5, 5.41) is 23.8. The molecule has 4 rings (SSSR count). The molecule has 0 saturated heterocycles. The van der Waals surface area contributed by atoms with E-state index >= 15 is 0 Å². The van der Waals surface area contributed by atoms with Crippen LogP contribution in [0.5, 0.6) is 0 Å². The maximum atomic E-state index is 11.0. The number of oxime groups is 1. The van der Waals surface area contributed by atoms with Crippen LogP contribution in [0.25, 0.3) is 0 Å². The highest BCUT2D eigenvalue weighted by molar-refractivity contribution is 5.96. The molecule has 2 N–H and O–H groups in total. The number of fused-ring (bicyclic) bond motifs is 5. The Morgan fingerprint density at radius 1 is 1.15 bits per heavy atom. The lowest BCUT2D eigenvalue weighted by Crippen LogP contribution is -2.53. The molecule has 4 aliphatic carbocycles. The average Bonchev–Trinajstić information content (AvgIpc) is 2.84. The highest BCUT2D eigenvalue weighted by Gasteiger charge is 2.62. The van der Waals surface area contributed by atoms with Gasteiger partial charge >= 0.3 is 5.97 Å². The fourth-order valence-electron chi connectivity index (χ4n) is 7.06. The Hall–Kier alpha value is -1.36. The molecule has 150 valence electrons. The summed E-state index contributed by atoms with van der Waals surface area (Å²) in [5.74, 6) is 1.04. The van der Waals surface area contributed by atoms with Crippen molar-refractivity contribution in [3.8, 4) is 0 Å². The van der Waals surface area contributed by atoms with Crippen LogP contribution >= 0.6 is 0 Å². The molecule has 0 aromatic rings. The van der Waals surface area contributed by atoms with Gasteiger partial charge in [0.05, 0.1) is 11.3 Å². The molecule has 4 aliphatic rings. The Kier molecular flexibility index (Phi) is 4.45. The molecule has 0 aromatic heterocycles. The van der Waals surface area contributed by atoms with Crippen molar-refractivity contribution in [1.82, 2.24) is 0 Å². The number of carbonyl (C=O) groups is 1. The fourth-order valence-corrected chi connectivity index (χ4v) is 7.06. The van der Waals surface area contributed by atoms with Gasteiger partial charge in [-0.25, -0.2) is 4.79 Å². The molecule has 0 spiro atoms. The van der Waals surface area contributed by atoms with E-state index in [-0.39, 0.29) is 17.4 Å². The summed E-state index contributed by atoms with van der Waals surface area (Å²) < 4.78 is 0. The molecule has 6 atom stereocenters. The molecule has 5 nitrogen and oxygen atoms in total. The Bertz CT molecular complexity index is 696. The topological polar surface area (TPSA) is 79.1 Å². The van der Waals surface area contributed by atoms with Crippen LogP contribution in [0.1, 0.15) is 72.1 Å².